The SMILES string of the molecule is CCOC(=O)c1ccc(C=CCNC)[nH]1. The molecule has 0 aromatic carbocycles. The van der Waals surface area contributed by atoms with Gasteiger partial charge in [-0.3, -0.25) is 0 Å². The third-order valence-corrected chi connectivity index (χ3v) is 1.82. The van der Waals surface area contributed by atoms with Gasteiger partial charge in [-0.05, 0) is 32.2 Å². The number of esters is 1. The Kier molecular flexibility index (Phi) is 4.63. The van der Waals surface area contributed by atoms with E-state index < -0.39 is 0 Å². The topological polar surface area (TPSA) is 54.1 Å². The van der Waals surface area contributed by atoms with Gasteiger partial charge < -0.3 is 15.0 Å². The van der Waals surface area contributed by atoms with Gasteiger partial charge in [0.05, 0.1) is 6.61 Å². The monoisotopic (exact) mass is 208 g/mol. The number of rotatable bonds is 5. The lowest BCUT2D eigenvalue weighted by Crippen LogP contribution is -2.05. The van der Waals surface area contributed by atoms with Crippen LogP contribution in [-0.2, 0) is 4.74 Å². The summed E-state index contributed by atoms with van der Waals surface area (Å²) in [6, 6.07) is 3.56. The molecule has 0 saturated carbocycles. The zero-order valence-corrected chi connectivity index (χ0v) is 9.04. The van der Waals surface area contributed by atoms with Gasteiger partial charge in [-0.2, -0.15) is 0 Å². The van der Waals surface area contributed by atoms with Gasteiger partial charge in [0.25, 0.3) is 0 Å². The summed E-state index contributed by atoms with van der Waals surface area (Å²) in [6.45, 7) is 2.98. The molecule has 0 amide bonds. The Morgan fingerprint density at radius 1 is 1.60 bits per heavy atom. The lowest BCUT2D eigenvalue weighted by atomic mass is 10.4. The summed E-state index contributed by atoms with van der Waals surface area (Å²) in [5.74, 6) is -0.314. The van der Waals surface area contributed by atoms with Gasteiger partial charge in [0.1, 0.15) is 5.69 Å². The summed E-state index contributed by atoms with van der Waals surface area (Å²) in [5, 5.41) is 3.00. The smallest absolute Gasteiger partial charge is 0.354 e. The predicted octanol–water partition coefficient (Wildman–Crippen LogP) is 1.42. The Morgan fingerprint density at radius 3 is 3.07 bits per heavy atom. The van der Waals surface area contributed by atoms with Gasteiger partial charge in [0.15, 0.2) is 0 Å². The first kappa shape index (κ1) is 11.5. The molecule has 0 unspecified atom stereocenters. The first-order valence-corrected chi connectivity index (χ1v) is 4.95. The Morgan fingerprint density at radius 2 is 2.40 bits per heavy atom. The molecule has 4 nitrogen and oxygen atoms in total. The normalized spacial score (nSPS) is 10.8. The molecular weight excluding hydrogens is 192 g/mol. The number of aromatic nitrogens is 1. The molecule has 2 N–H and O–H groups in total. The molecule has 0 bridgehead atoms. The molecule has 0 atom stereocenters. The maximum Gasteiger partial charge on any atom is 0.354 e. The van der Waals surface area contributed by atoms with Crippen molar-refractivity contribution in [3.8, 4) is 0 Å². The summed E-state index contributed by atoms with van der Waals surface area (Å²) in [6.07, 6.45) is 3.89. The maximum absolute atomic E-state index is 11.3. The molecule has 0 saturated heterocycles. The molecule has 1 rings (SSSR count). The van der Waals surface area contributed by atoms with Gasteiger partial charge in [0.2, 0.25) is 0 Å². The minimum Gasteiger partial charge on any atom is -0.461 e. The molecule has 1 heterocycles. The van der Waals surface area contributed by atoms with Gasteiger partial charge in [-0.1, -0.05) is 6.08 Å². The van der Waals surface area contributed by atoms with Crippen LogP contribution in [-0.4, -0.2) is 31.2 Å². The molecule has 0 fully saturated rings. The summed E-state index contributed by atoms with van der Waals surface area (Å²) >= 11 is 0. The van der Waals surface area contributed by atoms with Crippen LogP contribution in [0.25, 0.3) is 6.08 Å². The van der Waals surface area contributed by atoms with E-state index in [-0.39, 0.29) is 5.97 Å². The average molecular weight is 208 g/mol. The Labute approximate surface area is 89.3 Å². The highest BCUT2D eigenvalue weighted by molar-refractivity contribution is 5.87. The zero-order chi connectivity index (χ0) is 11.1. The van der Waals surface area contributed by atoms with E-state index in [2.05, 4.69) is 10.3 Å². The number of hydrogen-bond donors (Lipinski definition) is 2. The van der Waals surface area contributed by atoms with Crippen molar-refractivity contribution in [2.45, 2.75) is 6.92 Å². The van der Waals surface area contributed by atoms with Crippen molar-refractivity contribution in [2.75, 3.05) is 20.2 Å². The molecule has 0 aliphatic heterocycles. The van der Waals surface area contributed by atoms with E-state index in [1.807, 2.05) is 25.3 Å². The van der Waals surface area contributed by atoms with Gasteiger partial charge in [-0.25, -0.2) is 4.79 Å². The van der Waals surface area contributed by atoms with Crippen LogP contribution in [0.4, 0.5) is 0 Å². The fraction of sp³-hybridized carbons (Fsp3) is 0.364. The van der Waals surface area contributed by atoms with E-state index in [1.165, 1.54) is 0 Å². The van der Waals surface area contributed by atoms with Crippen molar-refractivity contribution in [2.24, 2.45) is 0 Å². The van der Waals surface area contributed by atoms with E-state index in [9.17, 15) is 4.79 Å². The number of H-pyrrole nitrogens is 1. The second-order valence-corrected chi connectivity index (χ2v) is 3.01. The van der Waals surface area contributed by atoms with Gasteiger partial charge in [0, 0.05) is 12.2 Å². The van der Waals surface area contributed by atoms with Crippen LogP contribution in [0.5, 0.6) is 0 Å². The van der Waals surface area contributed by atoms with Crippen molar-refractivity contribution in [1.29, 1.82) is 0 Å². The maximum atomic E-state index is 11.3. The Hall–Kier alpha value is -1.55. The van der Waals surface area contributed by atoms with Crippen LogP contribution >= 0.6 is 0 Å². The zero-order valence-electron chi connectivity index (χ0n) is 9.04. The van der Waals surface area contributed by atoms with Crippen LogP contribution in [0.15, 0.2) is 18.2 Å². The van der Waals surface area contributed by atoms with Crippen molar-refractivity contribution in [3.05, 3.63) is 29.6 Å². The Bertz CT molecular complexity index is 342. The van der Waals surface area contributed by atoms with Crippen LogP contribution in [0.3, 0.4) is 0 Å². The molecule has 1 aromatic rings. The van der Waals surface area contributed by atoms with E-state index in [0.29, 0.717) is 12.3 Å². The fourth-order valence-electron chi connectivity index (χ4n) is 1.14. The Balaban J connectivity index is 2.59. The number of ether oxygens (including phenoxy) is 1. The number of carbonyl (C=O) groups excluding carboxylic acids is 1. The van der Waals surface area contributed by atoms with E-state index in [4.69, 9.17) is 4.74 Å². The van der Waals surface area contributed by atoms with Crippen LogP contribution in [0.2, 0.25) is 0 Å². The third kappa shape index (κ3) is 3.59. The van der Waals surface area contributed by atoms with Gasteiger partial charge in [-0.15, -0.1) is 0 Å². The largest absolute Gasteiger partial charge is 0.461 e. The molecule has 0 aliphatic carbocycles. The highest BCUT2D eigenvalue weighted by Gasteiger charge is 2.07. The number of carbonyl (C=O) groups is 1. The molecule has 0 aliphatic rings. The molecule has 1 aromatic heterocycles. The summed E-state index contributed by atoms with van der Waals surface area (Å²) in [7, 11) is 1.88. The minimum absolute atomic E-state index is 0.314. The van der Waals surface area contributed by atoms with E-state index in [1.54, 1.807) is 13.0 Å². The highest BCUT2D eigenvalue weighted by Crippen LogP contribution is 2.05. The molecule has 0 radical (unpaired) electrons. The van der Waals surface area contributed by atoms with E-state index >= 15 is 0 Å². The van der Waals surface area contributed by atoms with Crippen molar-refractivity contribution < 1.29 is 9.53 Å². The van der Waals surface area contributed by atoms with Crippen molar-refractivity contribution in [3.63, 3.8) is 0 Å². The average Bonchev–Trinajstić information content (AvgIpc) is 2.67. The molecule has 4 heteroatoms. The number of aromatic amines is 1. The summed E-state index contributed by atoms with van der Waals surface area (Å²) in [4.78, 5) is 14.3. The third-order valence-electron chi connectivity index (χ3n) is 1.82. The van der Waals surface area contributed by atoms with Crippen LogP contribution in [0, 0.1) is 0 Å². The van der Waals surface area contributed by atoms with Crippen LogP contribution < -0.4 is 5.32 Å². The number of hydrogen-bond acceptors (Lipinski definition) is 3. The van der Waals surface area contributed by atoms with Gasteiger partial charge >= 0.3 is 5.97 Å². The minimum atomic E-state index is -0.314. The standard InChI is InChI=1S/C11H16N2O2/c1-3-15-11(14)10-7-6-9(13-10)5-4-8-12-2/h4-7,12-13H,3,8H2,1-2H3. The van der Waals surface area contributed by atoms with Crippen molar-refractivity contribution >= 4 is 12.0 Å². The first-order chi connectivity index (χ1) is 7.27. The molecule has 15 heavy (non-hydrogen) atoms. The lowest BCUT2D eigenvalue weighted by molar-refractivity contribution is 0.0520. The van der Waals surface area contributed by atoms with Crippen molar-refractivity contribution in [1.82, 2.24) is 10.3 Å². The summed E-state index contributed by atoms with van der Waals surface area (Å²) in [5.41, 5.74) is 1.38. The lowest BCUT2D eigenvalue weighted by Gasteiger charge is -1.97. The molecular formula is C11H16N2O2. The molecule has 0 spiro atoms. The molecule has 82 valence electrons. The predicted molar refractivity (Wildman–Crippen MR) is 59.7 cm³/mol. The number of nitrogens with one attached hydrogen (secondary N) is 2. The number of likely N-dealkylation sites (N-methyl/N-ethyl adjacent to an activating group) is 1. The van der Waals surface area contributed by atoms with Crippen LogP contribution in [0.1, 0.15) is 23.1 Å². The fourth-order valence-corrected chi connectivity index (χ4v) is 1.14. The second kappa shape index (κ2) is 6.03. The highest BCUT2D eigenvalue weighted by atomic mass is 16.5. The second-order valence-electron chi connectivity index (χ2n) is 3.01. The first-order valence-electron chi connectivity index (χ1n) is 4.95. The quantitative estimate of drug-likeness (QED) is 0.720. The van der Waals surface area contributed by atoms with E-state index in [0.717, 1.165) is 12.2 Å². The summed E-state index contributed by atoms with van der Waals surface area (Å²) < 4.78 is 4.86.